The molecule has 1 aromatic rings. The minimum absolute atomic E-state index is 0.0235. The number of ether oxygens (including phenoxy) is 1. The van der Waals surface area contributed by atoms with Crippen LogP contribution >= 0.6 is 11.8 Å². The molecule has 134 valence electrons. The SMILES string of the molecule is CC(C)(CSc1c(F)c(F)cc(F)c1F)C(=O)NCC1CCCO1. The van der Waals surface area contributed by atoms with Crippen LogP contribution in [-0.2, 0) is 9.53 Å². The van der Waals surface area contributed by atoms with Crippen molar-refractivity contribution < 1.29 is 27.1 Å². The number of nitrogens with one attached hydrogen (secondary N) is 1. The van der Waals surface area contributed by atoms with E-state index >= 15 is 0 Å². The summed E-state index contributed by atoms with van der Waals surface area (Å²) in [6.45, 7) is 4.22. The van der Waals surface area contributed by atoms with Crippen LogP contribution in [0.5, 0.6) is 0 Å². The molecule has 0 aromatic heterocycles. The average molecular weight is 365 g/mol. The summed E-state index contributed by atoms with van der Waals surface area (Å²) in [5.74, 6) is -6.18. The first-order chi connectivity index (χ1) is 11.2. The lowest BCUT2D eigenvalue weighted by Crippen LogP contribution is -2.41. The maximum absolute atomic E-state index is 13.7. The van der Waals surface area contributed by atoms with Crippen LogP contribution in [0.2, 0.25) is 0 Å². The van der Waals surface area contributed by atoms with Gasteiger partial charge in [0, 0.05) is 25.0 Å². The van der Waals surface area contributed by atoms with E-state index in [-0.39, 0.29) is 23.8 Å². The molecule has 0 spiro atoms. The molecule has 2 rings (SSSR count). The first kappa shape index (κ1) is 19.1. The molecule has 0 bridgehead atoms. The summed E-state index contributed by atoms with van der Waals surface area (Å²) < 4.78 is 59.1. The van der Waals surface area contributed by atoms with Crippen LogP contribution in [0.3, 0.4) is 0 Å². The molecule has 24 heavy (non-hydrogen) atoms. The smallest absolute Gasteiger partial charge is 0.226 e. The van der Waals surface area contributed by atoms with Crippen LogP contribution in [0.1, 0.15) is 26.7 Å². The highest BCUT2D eigenvalue weighted by molar-refractivity contribution is 7.99. The zero-order chi connectivity index (χ0) is 17.9. The normalized spacial score (nSPS) is 18.0. The molecule has 1 amide bonds. The van der Waals surface area contributed by atoms with E-state index in [0.717, 1.165) is 12.8 Å². The average Bonchev–Trinajstić information content (AvgIpc) is 3.04. The molecule has 3 nitrogen and oxygen atoms in total. The van der Waals surface area contributed by atoms with Crippen LogP contribution in [0, 0.1) is 28.7 Å². The standard InChI is InChI=1S/C16H19F4NO2S/c1-16(2,15(22)21-7-9-4-3-5-23-9)8-24-14-12(19)10(17)6-11(18)13(14)20/h6,9H,3-5,7-8H2,1-2H3,(H,21,22). The van der Waals surface area contributed by atoms with Crippen LogP contribution < -0.4 is 5.32 Å². The minimum atomic E-state index is -1.46. The third-order valence-corrected chi connectivity index (χ3v) is 5.29. The molecule has 1 atom stereocenters. The lowest BCUT2D eigenvalue weighted by molar-refractivity contribution is -0.128. The quantitative estimate of drug-likeness (QED) is 0.475. The van der Waals surface area contributed by atoms with Gasteiger partial charge in [0.2, 0.25) is 5.91 Å². The number of thioether (sulfide) groups is 1. The Bertz CT molecular complexity index is 592. The lowest BCUT2D eigenvalue weighted by Gasteiger charge is -2.24. The van der Waals surface area contributed by atoms with E-state index in [1.807, 2.05) is 0 Å². The van der Waals surface area contributed by atoms with E-state index in [1.54, 1.807) is 13.8 Å². The summed E-state index contributed by atoms with van der Waals surface area (Å²) in [6, 6.07) is 0.161. The Balaban J connectivity index is 1.97. The highest BCUT2D eigenvalue weighted by Crippen LogP contribution is 2.33. The fraction of sp³-hybridized carbons (Fsp3) is 0.562. The summed E-state index contributed by atoms with van der Waals surface area (Å²) in [4.78, 5) is 11.5. The fourth-order valence-corrected chi connectivity index (χ4v) is 3.33. The van der Waals surface area contributed by atoms with Crippen molar-refractivity contribution in [2.75, 3.05) is 18.9 Å². The molecular weight excluding hydrogens is 346 g/mol. The second kappa shape index (κ2) is 7.74. The Labute approximate surface area is 142 Å². The Morgan fingerprint density at radius 3 is 2.46 bits per heavy atom. The monoisotopic (exact) mass is 365 g/mol. The van der Waals surface area contributed by atoms with E-state index < -0.39 is 33.6 Å². The second-order valence-corrected chi connectivity index (χ2v) is 7.30. The van der Waals surface area contributed by atoms with E-state index in [1.165, 1.54) is 0 Å². The summed E-state index contributed by atoms with van der Waals surface area (Å²) >= 11 is 0.573. The lowest BCUT2D eigenvalue weighted by atomic mass is 9.95. The Morgan fingerprint density at radius 1 is 1.29 bits per heavy atom. The van der Waals surface area contributed by atoms with Gasteiger partial charge in [-0.15, -0.1) is 11.8 Å². The molecule has 8 heteroatoms. The first-order valence-electron chi connectivity index (χ1n) is 7.58. The second-order valence-electron chi connectivity index (χ2n) is 6.31. The van der Waals surface area contributed by atoms with Crippen molar-refractivity contribution in [1.82, 2.24) is 5.32 Å². The summed E-state index contributed by atoms with van der Waals surface area (Å²) in [5, 5.41) is 2.74. The largest absolute Gasteiger partial charge is 0.376 e. The Morgan fingerprint density at radius 2 is 1.92 bits per heavy atom. The molecule has 0 saturated carbocycles. The van der Waals surface area contributed by atoms with Crippen molar-refractivity contribution in [2.24, 2.45) is 5.41 Å². The summed E-state index contributed by atoms with van der Waals surface area (Å²) in [5.41, 5.74) is -0.981. The van der Waals surface area contributed by atoms with Gasteiger partial charge < -0.3 is 10.1 Å². The van der Waals surface area contributed by atoms with Crippen LogP contribution in [-0.4, -0.2) is 30.9 Å². The van der Waals surface area contributed by atoms with Gasteiger partial charge in [-0.05, 0) is 12.8 Å². The predicted octanol–water partition coefficient (Wildman–Crippen LogP) is 3.66. The Hall–Kier alpha value is -1.28. The molecule has 1 saturated heterocycles. The van der Waals surface area contributed by atoms with Gasteiger partial charge in [0.1, 0.15) is 0 Å². The van der Waals surface area contributed by atoms with E-state index in [9.17, 15) is 22.4 Å². The topological polar surface area (TPSA) is 38.3 Å². The number of halogens is 4. The van der Waals surface area contributed by atoms with Gasteiger partial charge in [-0.2, -0.15) is 0 Å². The van der Waals surface area contributed by atoms with E-state index in [4.69, 9.17) is 4.74 Å². The van der Waals surface area contributed by atoms with Gasteiger partial charge in [0.05, 0.1) is 16.4 Å². The van der Waals surface area contributed by atoms with Crippen molar-refractivity contribution >= 4 is 17.7 Å². The number of carbonyl (C=O) groups is 1. The molecular formula is C16H19F4NO2S. The molecule has 1 aromatic carbocycles. The minimum Gasteiger partial charge on any atom is -0.376 e. The number of rotatable bonds is 6. The highest BCUT2D eigenvalue weighted by Gasteiger charge is 2.30. The number of benzene rings is 1. The zero-order valence-corrected chi connectivity index (χ0v) is 14.2. The molecule has 1 fully saturated rings. The zero-order valence-electron chi connectivity index (χ0n) is 13.4. The van der Waals surface area contributed by atoms with Crippen LogP contribution in [0.25, 0.3) is 0 Å². The molecule has 1 N–H and O–H groups in total. The summed E-state index contributed by atoms with van der Waals surface area (Å²) in [6.07, 6.45) is 1.79. The molecule has 0 radical (unpaired) electrons. The Kier molecular flexibility index (Phi) is 6.14. The highest BCUT2D eigenvalue weighted by atomic mass is 32.2. The fourth-order valence-electron chi connectivity index (χ4n) is 2.25. The number of amides is 1. The summed E-state index contributed by atoms with van der Waals surface area (Å²) in [7, 11) is 0. The van der Waals surface area contributed by atoms with Crippen LogP contribution in [0.4, 0.5) is 17.6 Å². The van der Waals surface area contributed by atoms with E-state index in [2.05, 4.69) is 5.32 Å². The maximum Gasteiger partial charge on any atom is 0.226 e. The van der Waals surface area contributed by atoms with E-state index in [0.29, 0.717) is 24.9 Å². The third-order valence-electron chi connectivity index (χ3n) is 3.78. The van der Waals surface area contributed by atoms with Gasteiger partial charge in [0.15, 0.2) is 23.3 Å². The predicted molar refractivity (Wildman–Crippen MR) is 82.8 cm³/mol. The van der Waals surface area contributed by atoms with Crippen molar-refractivity contribution in [3.8, 4) is 0 Å². The first-order valence-corrected chi connectivity index (χ1v) is 8.56. The number of hydrogen-bond donors (Lipinski definition) is 1. The molecule has 1 aliphatic heterocycles. The molecule has 1 unspecified atom stereocenters. The van der Waals surface area contributed by atoms with Crippen LogP contribution in [0.15, 0.2) is 11.0 Å². The van der Waals surface area contributed by atoms with Crippen molar-refractivity contribution in [2.45, 2.75) is 37.7 Å². The maximum atomic E-state index is 13.7. The van der Waals surface area contributed by atoms with Gasteiger partial charge in [-0.3, -0.25) is 4.79 Å². The van der Waals surface area contributed by atoms with Crippen molar-refractivity contribution in [3.63, 3.8) is 0 Å². The van der Waals surface area contributed by atoms with Gasteiger partial charge in [-0.25, -0.2) is 17.6 Å². The molecule has 0 aliphatic carbocycles. The number of carbonyl (C=O) groups excluding carboxylic acids is 1. The van der Waals surface area contributed by atoms with Gasteiger partial charge in [0.25, 0.3) is 0 Å². The van der Waals surface area contributed by atoms with Crippen molar-refractivity contribution in [3.05, 3.63) is 29.3 Å². The molecule has 1 heterocycles. The van der Waals surface area contributed by atoms with Gasteiger partial charge >= 0.3 is 0 Å². The molecule has 1 aliphatic rings. The number of hydrogen-bond acceptors (Lipinski definition) is 3. The van der Waals surface area contributed by atoms with Crippen molar-refractivity contribution in [1.29, 1.82) is 0 Å². The van der Waals surface area contributed by atoms with Gasteiger partial charge in [-0.1, -0.05) is 13.8 Å². The third kappa shape index (κ3) is 4.42.